The van der Waals surface area contributed by atoms with E-state index in [0.29, 0.717) is 24.4 Å². The standard InChI is InChI=1S/C17H28ClO3P/c1-3-5-7-13-20-22(19,21-14-8-6-4-2)15-16-9-11-17(18)12-10-16/h9-12H,3-8,13-15H2,1-2H3. The van der Waals surface area contributed by atoms with Gasteiger partial charge >= 0.3 is 7.60 Å². The second-order valence-electron chi connectivity index (χ2n) is 5.48. The summed E-state index contributed by atoms with van der Waals surface area (Å²) in [6, 6.07) is 7.35. The van der Waals surface area contributed by atoms with Crippen LogP contribution in [0.1, 0.15) is 57.9 Å². The Morgan fingerprint density at radius 3 is 1.86 bits per heavy atom. The summed E-state index contributed by atoms with van der Waals surface area (Å²) in [5.41, 5.74) is 0.929. The van der Waals surface area contributed by atoms with Gasteiger partial charge in [0, 0.05) is 5.02 Å². The van der Waals surface area contributed by atoms with Gasteiger partial charge in [-0.05, 0) is 30.5 Å². The monoisotopic (exact) mass is 346 g/mol. The maximum absolute atomic E-state index is 12.9. The van der Waals surface area contributed by atoms with Crippen molar-refractivity contribution < 1.29 is 13.6 Å². The molecule has 0 bridgehead atoms. The van der Waals surface area contributed by atoms with Crippen LogP contribution in [-0.4, -0.2) is 13.2 Å². The van der Waals surface area contributed by atoms with Crippen LogP contribution in [0.25, 0.3) is 0 Å². The molecule has 22 heavy (non-hydrogen) atoms. The molecule has 0 aromatic heterocycles. The van der Waals surface area contributed by atoms with Crippen LogP contribution in [0.4, 0.5) is 0 Å². The van der Waals surface area contributed by atoms with Crippen molar-refractivity contribution in [3.8, 4) is 0 Å². The van der Waals surface area contributed by atoms with Crippen molar-refractivity contribution in [2.45, 2.75) is 58.5 Å². The Morgan fingerprint density at radius 2 is 1.41 bits per heavy atom. The molecule has 3 nitrogen and oxygen atoms in total. The first-order valence-corrected chi connectivity index (χ1v) is 10.3. The van der Waals surface area contributed by atoms with E-state index in [1.165, 1.54) is 0 Å². The molecular weight excluding hydrogens is 319 g/mol. The van der Waals surface area contributed by atoms with Crippen LogP contribution in [0.3, 0.4) is 0 Å². The van der Waals surface area contributed by atoms with Crippen LogP contribution in [0, 0.1) is 0 Å². The van der Waals surface area contributed by atoms with Crippen molar-refractivity contribution in [3.63, 3.8) is 0 Å². The Morgan fingerprint density at radius 1 is 0.909 bits per heavy atom. The van der Waals surface area contributed by atoms with Gasteiger partial charge in [-0.25, -0.2) is 0 Å². The fourth-order valence-corrected chi connectivity index (χ4v) is 3.91. The molecule has 1 aromatic rings. The highest BCUT2D eigenvalue weighted by Crippen LogP contribution is 2.51. The summed E-state index contributed by atoms with van der Waals surface area (Å²) in [6.45, 7) is 5.25. The van der Waals surface area contributed by atoms with E-state index >= 15 is 0 Å². The van der Waals surface area contributed by atoms with Crippen LogP contribution in [0.2, 0.25) is 5.02 Å². The van der Waals surface area contributed by atoms with E-state index in [4.69, 9.17) is 20.6 Å². The number of hydrogen-bond acceptors (Lipinski definition) is 3. The molecule has 0 spiro atoms. The van der Waals surface area contributed by atoms with Gasteiger partial charge in [-0.15, -0.1) is 0 Å². The predicted octanol–water partition coefficient (Wildman–Crippen LogP) is 6.45. The van der Waals surface area contributed by atoms with Crippen molar-refractivity contribution in [2.24, 2.45) is 0 Å². The van der Waals surface area contributed by atoms with Gasteiger partial charge in [0.05, 0.1) is 19.4 Å². The van der Waals surface area contributed by atoms with Crippen molar-refractivity contribution in [1.82, 2.24) is 0 Å². The van der Waals surface area contributed by atoms with Crippen LogP contribution < -0.4 is 0 Å². The first-order chi connectivity index (χ1) is 10.6. The third-order valence-electron chi connectivity index (χ3n) is 3.36. The van der Waals surface area contributed by atoms with E-state index < -0.39 is 7.60 Å². The molecule has 0 saturated carbocycles. The maximum Gasteiger partial charge on any atom is 0.335 e. The van der Waals surface area contributed by atoms with Crippen molar-refractivity contribution in [2.75, 3.05) is 13.2 Å². The van der Waals surface area contributed by atoms with Gasteiger partial charge in [-0.3, -0.25) is 4.57 Å². The Kier molecular flexibility index (Phi) is 10.1. The van der Waals surface area contributed by atoms with Crippen LogP contribution in [0.15, 0.2) is 24.3 Å². The maximum atomic E-state index is 12.9. The lowest BCUT2D eigenvalue weighted by Gasteiger charge is -2.19. The topological polar surface area (TPSA) is 35.5 Å². The van der Waals surface area contributed by atoms with E-state index in [-0.39, 0.29) is 0 Å². The molecule has 0 amide bonds. The van der Waals surface area contributed by atoms with Crippen molar-refractivity contribution in [1.29, 1.82) is 0 Å². The molecule has 0 fully saturated rings. The summed E-state index contributed by atoms with van der Waals surface area (Å²) in [5.74, 6) is 0. The lowest BCUT2D eigenvalue weighted by molar-refractivity contribution is 0.197. The molecule has 0 atom stereocenters. The van der Waals surface area contributed by atoms with E-state index in [1.807, 2.05) is 12.1 Å². The molecule has 0 aliphatic rings. The molecule has 0 unspecified atom stereocenters. The first-order valence-electron chi connectivity index (χ1n) is 8.22. The summed E-state index contributed by atoms with van der Waals surface area (Å²) in [4.78, 5) is 0. The van der Waals surface area contributed by atoms with Crippen LogP contribution in [-0.2, 0) is 19.8 Å². The molecule has 0 saturated heterocycles. The zero-order chi connectivity index (χ0) is 16.3. The summed E-state index contributed by atoms with van der Waals surface area (Å²) in [5, 5.41) is 0.673. The van der Waals surface area contributed by atoms with Gasteiger partial charge in [0.1, 0.15) is 0 Å². The molecular formula is C17H28ClO3P. The first kappa shape index (κ1) is 19.7. The minimum atomic E-state index is -3.08. The summed E-state index contributed by atoms with van der Waals surface area (Å²) < 4.78 is 24.2. The van der Waals surface area contributed by atoms with Crippen molar-refractivity contribution in [3.05, 3.63) is 34.9 Å². The Hall–Kier alpha value is -0.340. The number of rotatable bonds is 12. The van der Waals surface area contributed by atoms with Gasteiger partial charge in [0.2, 0.25) is 0 Å². The SMILES string of the molecule is CCCCCOP(=O)(Cc1ccc(Cl)cc1)OCCCCC. The molecule has 0 aliphatic heterocycles. The molecule has 1 rings (SSSR count). The summed E-state index contributed by atoms with van der Waals surface area (Å²) in [6.07, 6.45) is 6.53. The Balaban J connectivity index is 2.58. The molecule has 126 valence electrons. The molecule has 0 radical (unpaired) electrons. The highest BCUT2D eigenvalue weighted by atomic mass is 35.5. The van der Waals surface area contributed by atoms with Gasteiger partial charge < -0.3 is 9.05 Å². The lowest BCUT2D eigenvalue weighted by atomic mass is 10.2. The second kappa shape index (κ2) is 11.2. The predicted molar refractivity (Wildman–Crippen MR) is 93.7 cm³/mol. The average molecular weight is 347 g/mol. The quantitative estimate of drug-likeness (QED) is 0.322. The zero-order valence-corrected chi connectivity index (χ0v) is 15.4. The molecule has 5 heteroatoms. The number of halogens is 1. The molecule has 1 aromatic carbocycles. The minimum absolute atomic E-state index is 0.308. The van der Waals surface area contributed by atoms with Gasteiger partial charge in [0.15, 0.2) is 0 Å². The molecule has 0 N–H and O–H groups in total. The average Bonchev–Trinajstić information content (AvgIpc) is 2.51. The smallest absolute Gasteiger partial charge is 0.308 e. The van der Waals surface area contributed by atoms with E-state index in [2.05, 4.69) is 13.8 Å². The van der Waals surface area contributed by atoms with E-state index in [0.717, 1.165) is 44.1 Å². The highest BCUT2D eigenvalue weighted by molar-refractivity contribution is 7.53. The Bertz CT molecular complexity index is 432. The summed E-state index contributed by atoms with van der Waals surface area (Å²) >= 11 is 5.89. The van der Waals surface area contributed by atoms with E-state index in [1.54, 1.807) is 12.1 Å². The van der Waals surface area contributed by atoms with Gasteiger partial charge in [-0.2, -0.15) is 0 Å². The third kappa shape index (κ3) is 8.33. The Labute approximate surface area is 139 Å². The van der Waals surface area contributed by atoms with Crippen molar-refractivity contribution >= 4 is 19.2 Å². The fraction of sp³-hybridized carbons (Fsp3) is 0.647. The highest BCUT2D eigenvalue weighted by Gasteiger charge is 2.25. The number of benzene rings is 1. The van der Waals surface area contributed by atoms with Gasteiger partial charge in [0.25, 0.3) is 0 Å². The third-order valence-corrected chi connectivity index (χ3v) is 5.52. The molecule has 0 aliphatic carbocycles. The van der Waals surface area contributed by atoms with Crippen LogP contribution >= 0.6 is 19.2 Å². The molecule has 0 heterocycles. The lowest BCUT2D eigenvalue weighted by Crippen LogP contribution is -2.02. The van der Waals surface area contributed by atoms with Gasteiger partial charge in [-0.1, -0.05) is 63.3 Å². The minimum Gasteiger partial charge on any atom is -0.308 e. The normalized spacial score (nSPS) is 11.8. The second-order valence-corrected chi connectivity index (χ2v) is 7.97. The zero-order valence-electron chi connectivity index (χ0n) is 13.7. The van der Waals surface area contributed by atoms with Crippen LogP contribution in [0.5, 0.6) is 0 Å². The van der Waals surface area contributed by atoms with E-state index in [9.17, 15) is 4.57 Å². The number of unbranched alkanes of at least 4 members (excludes halogenated alkanes) is 4. The fourth-order valence-electron chi connectivity index (χ4n) is 2.05. The summed E-state index contributed by atoms with van der Waals surface area (Å²) in [7, 11) is -3.08. The largest absolute Gasteiger partial charge is 0.335 e. The number of hydrogen-bond donors (Lipinski definition) is 0.